The summed E-state index contributed by atoms with van der Waals surface area (Å²) in [5.41, 5.74) is 0.769. The van der Waals surface area contributed by atoms with Crippen molar-refractivity contribution in [2.24, 2.45) is 5.92 Å². The first kappa shape index (κ1) is 12.8. The van der Waals surface area contributed by atoms with Gasteiger partial charge in [0.2, 0.25) is 5.91 Å². The van der Waals surface area contributed by atoms with Gasteiger partial charge in [0.15, 0.2) is 0 Å². The van der Waals surface area contributed by atoms with Gasteiger partial charge in [-0.3, -0.25) is 4.79 Å². The summed E-state index contributed by atoms with van der Waals surface area (Å²) in [5.74, 6) is 3.84. The van der Waals surface area contributed by atoms with Crippen LogP contribution < -0.4 is 9.64 Å². The fourth-order valence-electron chi connectivity index (χ4n) is 2.04. The molecule has 1 aromatic rings. The van der Waals surface area contributed by atoms with E-state index in [9.17, 15) is 4.79 Å². The number of rotatable bonds is 4. The molecular weight excluding hydrogens is 250 g/mol. The summed E-state index contributed by atoms with van der Waals surface area (Å²) in [7, 11) is 0. The van der Waals surface area contributed by atoms with Crippen LogP contribution in [-0.2, 0) is 4.79 Å². The van der Waals surface area contributed by atoms with Crippen molar-refractivity contribution in [3.63, 3.8) is 0 Å². The second kappa shape index (κ2) is 5.79. The number of carbonyl (C=O) groups excluding carboxylic acids is 1. The predicted molar refractivity (Wildman–Crippen MR) is 72.0 cm³/mol. The molecule has 4 heteroatoms. The molecule has 1 aliphatic rings. The van der Waals surface area contributed by atoms with E-state index in [0.29, 0.717) is 24.6 Å². The number of hydrogen-bond acceptors (Lipinski definition) is 2. The molecule has 0 aromatic heterocycles. The molecule has 0 aliphatic carbocycles. The van der Waals surface area contributed by atoms with Gasteiger partial charge in [-0.15, -0.1) is 18.0 Å². The molecule has 1 aromatic carbocycles. The van der Waals surface area contributed by atoms with E-state index in [1.165, 1.54) is 0 Å². The third-order valence-electron chi connectivity index (χ3n) is 2.89. The van der Waals surface area contributed by atoms with Crippen molar-refractivity contribution in [1.82, 2.24) is 0 Å². The van der Waals surface area contributed by atoms with Gasteiger partial charge in [0, 0.05) is 18.8 Å². The van der Waals surface area contributed by atoms with Gasteiger partial charge in [0.25, 0.3) is 0 Å². The van der Waals surface area contributed by atoms with E-state index < -0.39 is 0 Å². The van der Waals surface area contributed by atoms with Crippen LogP contribution in [0.5, 0.6) is 5.75 Å². The second-order valence-corrected chi connectivity index (χ2v) is 4.50. The van der Waals surface area contributed by atoms with Crippen LogP contribution in [0.15, 0.2) is 24.3 Å². The van der Waals surface area contributed by atoms with Crippen molar-refractivity contribution in [1.29, 1.82) is 0 Å². The van der Waals surface area contributed by atoms with E-state index in [1.807, 2.05) is 24.3 Å². The maximum absolute atomic E-state index is 11.9. The van der Waals surface area contributed by atoms with Crippen molar-refractivity contribution >= 4 is 23.2 Å². The number of para-hydroxylation sites is 2. The van der Waals surface area contributed by atoms with Crippen LogP contribution in [0.2, 0.25) is 0 Å². The minimum Gasteiger partial charge on any atom is -0.479 e. The van der Waals surface area contributed by atoms with Crippen LogP contribution in [-0.4, -0.2) is 24.9 Å². The molecule has 1 fully saturated rings. The van der Waals surface area contributed by atoms with Crippen molar-refractivity contribution in [3.8, 4) is 18.1 Å². The summed E-state index contributed by atoms with van der Waals surface area (Å²) in [4.78, 5) is 13.7. The van der Waals surface area contributed by atoms with Gasteiger partial charge < -0.3 is 9.64 Å². The van der Waals surface area contributed by atoms with Crippen LogP contribution in [0.3, 0.4) is 0 Å². The normalized spacial score (nSPS) is 18.8. The molecular formula is C14H14ClNO2. The summed E-state index contributed by atoms with van der Waals surface area (Å²) in [6.45, 7) is 0.830. The van der Waals surface area contributed by atoms with E-state index in [0.717, 1.165) is 5.69 Å². The number of amides is 1. The highest BCUT2D eigenvalue weighted by molar-refractivity contribution is 6.18. The zero-order chi connectivity index (χ0) is 13.0. The largest absolute Gasteiger partial charge is 0.479 e. The fraction of sp³-hybridized carbons (Fsp3) is 0.357. The fourth-order valence-corrected chi connectivity index (χ4v) is 2.25. The third-order valence-corrected chi connectivity index (χ3v) is 3.33. The standard InChI is InChI=1S/C14H14ClNO2/c1-2-7-18-13-6-4-3-5-12(13)16-10-11(9-15)8-14(16)17/h1,3-6,11H,7-10H2. The predicted octanol–water partition coefficient (Wildman–Crippen LogP) is 2.29. The van der Waals surface area contributed by atoms with Crippen molar-refractivity contribution in [2.75, 3.05) is 23.9 Å². The molecule has 1 unspecified atom stereocenters. The Labute approximate surface area is 112 Å². The van der Waals surface area contributed by atoms with E-state index in [2.05, 4.69) is 5.92 Å². The summed E-state index contributed by atoms with van der Waals surface area (Å²) in [5, 5.41) is 0. The molecule has 1 aliphatic heterocycles. The Hall–Kier alpha value is -1.66. The number of carbonyl (C=O) groups is 1. The van der Waals surface area contributed by atoms with Gasteiger partial charge >= 0.3 is 0 Å². The summed E-state index contributed by atoms with van der Waals surface area (Å²) in [6.07, 6.45) is 5.67. The van der Waals surface area contributed by atoms with E-state index in [4.69, 9.17) is 22.8 Å². The van der Waals surface area contributed by atoms with Crippen molar-refractivity contribution in [3.05, 3.63) is 24.3 Å². The number of nitrogens with zero attached hydrogens (tertiary/aromatic N) is 1. The third kappa shape index (κ3) is 2.60. The molecule has 1 atom stereocenters. The average Bonchev–Trinajstić information content (AvgIpc) is 2.78. The Bertz CT molecular complexity index is 481. The smallest absolute Gasteiger partial charge is 0.227 e. The van der Waals surface area contributed by atoms with Crippen molar-refractivity contribution < 1.29 is 9.53 Å². The molecule has 0 saturated carbocycles. The molecule has 0 spiro atoms. The van der Waals surface area contributed by atoms with Gasteiger partial charge in [-0.25, -0.2) is 0 Å². The maximum atomic E-state index is 11.9. The Morgan fingerprint density at radius 3 is 2.94 bits per heavy atom. The Morgan fingerprint density at radius 2 is 2.28 bits per heavy atom. The highest BCUT2D eigenvalue weighted by Gasteiger charge is 2.31. The number of terminal acetylenes is 1. The molecule has 1 heterocycles. The Balaban J connectivity index is 2.23. The molecule has 94 valence electrons. The van der Waals surface area contributed by atoms with Crippen LogP contribution in [0, 0.1) is 18.3 Å². The Kier molecular flexibility index (Phi) is 4.11. The molecule has 1 saturated heterocycles. The minimum absolute atomic E-state index is 0.0809. The van der Waals surface area contributed by atoms with Crippen molar-refractivity contribution in [2.45, 2.75) is 6.42 Å². The lowest BCUT2D eigenvalue weighted by Crippen LogP contribution is -2.25. The van der Waals surface area contributed by atoms with Gasteiger partial charge in [-0.1, -0.05) is 18.1 Å². The van der Waals surface area contributed by atoms with Gasteiger partial charge in [0.1, 0.15) is 12.4 Å². The monoisotopic (exact) mass is 263 g/mol. The molecule has 2 rings (SSSR count). The summed E-state index contributed by atoms with van der Waals surface area (Å²) in [6, 6.07) is 7.41. The quantitative estimate of drug-likeness (QED) is 0.616. The van der Waals surface area contributed by atoms with Gasteiger partial charge in [-0.05, 0) is 18.1 Å². The number of halogens is 1. The average molecular weight is 264 g/mol. The van der Waals surface area contributed by atoms with Crippen LogP contribution in [0.1, 0.15) is 6.42 Å². The number of benzene rings is 1. The first-order valence-electron chi connectivity index (χ1n) is 5.78. The summed E-state index contributed by atoms with van der Waals surface area (Å²) >= 11 is 5.81. The minimum atomic E-state index is 0.0809. The highest BCUT2D eigenvalue weighted by atomic mass is 35.5. The second-order valence-electron chi connectivity index (χ2n) is 4.19. The van der Waals surface area contributed by atoms with E-state index in [1.54, 1.807) is 4.90 Å². The van der Waals surface area contributed by atoms with Gasteiger partial charge in [-0.2, -0.15) is 0 Å². The number of ether oxygens (including phenoxy) is 1. The molecule has 0 radical (unpaired) electrons. The lowest BCUT2D eigenvalue weighted by molar-refractivity contribution is -0.117. The zero-order valence-electron chi connectivity index (χ0n) is 9.93. The lowest BCUT2D eigenvalue weighted by Gasteiger charge is -2.19. The zero-order valence-corrected chi connectivity index (χ0v) is 10.7. The first-order valence-corrected chi connectivity index (χ1v) is 6.31. The van der Waals surface area contributed by atoms with Crippen LogP contribution in [0.25, 0.3) is 0 Å². The lowest BCUT2D eigenvalue weighted by atomic mass is 10.1. The number of hydrogen-bond donors (Lipinski definition) is 0. The summed E-state index contributed by atoms with van der Waals surface area (Å²) < 4.78 is 5.45. The SMILES string of the molecule is C#CCOc1ccccc1N1CC(CCl)CC1=O. The molecule has 0 bridgehead atoms. The maximum Gasteiger partial charge on any atom is 0.227 e. The van der Waals surface area contributed by atoms with Crippen LogP contribution in [0.4, 0.5) is 5.69 Å². The number of anilines is 1. The molecule has 1 amide bonds. The highest BCUT2D eigenvalue weighted by Crippen LogP contribution is 2.33. The molecule has 3 nitrogen and oxygen atoms in total. The van der Waals surface area contributed by atoms with E-state index in [-0.39, 0.29) is 18.4 Å². The number of alkyl halides is 1. The van der Waals surface area contributed by atoms with Crippen LogP contribution >= 0.6 is 11.6 Å². The van der Waals surface area contributed by atoms with Gasteiger partial charge in [0.05, 0.1) is 5.69 Å². The first-order chi connectivity index (χ1) is 8.76. The van der Waals surface area contributed by atoms with E-state index >= 15 is 0 Å². The molecule has 18 heavy (non-hydrogen) atoms. The topological polar surface area (TPSA) is 29.5 Å². The molecule has 0 N–H and O–H groups in total. The Morgan fingerprint density at radius 1 is 1.50 bits per heavy atom.